The number of hydrogen-bond acceptors (Lipinski definition) is 5. The summed E-state index contributed by atoms with van der Waals surface area (Å²) >= 11 is 0. The van der Waals surface area contributed by atoms with Crippen molar-refractivity contribution >= 4 is 23.2 Å². The van der Waals surface area contributed by atoms with Crippen molar-refractivity contribution in [3.05, 3.63) is 107 Å². The number of nitrogens with one attached hydrogen (secondary N) is 1. The van der Waals surface area contributed by atoms with E-state index in [-0.39, 0.29) is 45.7 Å². The zero-order valence-electron chi connectivity index (χ0n) is 23.9. The molecule has 5 rings (SSSR count). The van der Waals surface area contributed by atoms with Gasteiger partial charge in [-0.1, -0.05) is 56.3 Å². The lowest BCUT2D eigenvalue weighted by molar-refractivity contribution is 0.0428. The van der Waals surface area contributed by atoms with E-state index in [0.717, 1.165) is 0 Å². The number of halogens is 2. The summed E-state index contributed by atoms with van der Waals surface area (Å²) < 4.78 is 36.8. The Kier molecular flexibility index (Phi) is 8.71. The molecule has 3 aromatic carbocycles. The van der Waals surface area contributed by atoms with Crippen LogP contribution in [0.1, 0.15) is 71.3 Å². The third-order valence-corrected chi connectivity index (χ3v) is 7.18. The highest BCUT2D eigenvalue weighted by Crippen LogP contribution is 2.38. The Balaban J connectivity index is 0.00000198. The minimum Gasteiger partial charge on any atom is -0.495 e. The molecule has 2 amide bonds. The van der Waals surface area contributed by atoms with Gasteiger partial charge in [0, 0.05) is 22.4 Å². The minimum atomic E-state index is -3.20. The van der Waals surface area contributed by atoms with Gasteiger partial charge in [-0.3, -0.25) is 14.3 Å². The standard InChI is InChI=1S/C30H25F2N5O3.C2H6/c1-18-19(2)37-27(25(17-34-37)35-28(38)20-9-14-26(40-3)21(15-20)16-33)29(39)36(18)24-12-10-23(11-13-24)30(31,32)22-7-5-4-6-8-22;1-2/h4-15,17-19H,1-3H3,(H,35,38);1-2H3/t18?,19-;/m1./s1. The number of carbonyl (C=O) groups is 2. The molecule has 1 aliphatic rings. The van der Waals surface area contributed by atoms with Gasteiger partial charge in [-0.05, 0) is 44.2 Å². The van der Waals surface area contributed by atoms with Crippen molar-refractivity contribution < 1.29 is 23.1 Å². The molecule has 2 heterocycles. The number of alkyl halides is 2. The van der Waals surface area contributed by atoms with Crippen molar-refractivity contribution in [3.63, 3.8) is 0 Å². The second-order valence-electron chi connectivity index (χ2n) is 9.48. The predicted octanol–water partition coefficient (Wildman–Crippen LogP) is 6.79. The Labute approximate surface area is 243 Å². The first kappa shape index (κ1) is 29.9. The molecule has 10 heteroatoms. The van der Waals surface area contributed by atoms with Gasteiger partial charge in [-0.25, -0.2) is 0 Å². The molecule has 1 N–H and O–H groups in total. The van der Waals surface area contributed by atoms with Crippen LogP contribution >= 0.6 is 0 Å². The van der Waals surface area contributed by atoms with Crippen LogP contribution < -0.4 is 15.0 Å². The number of aromatic nitrogens is 2. The molecule has 0 bridgehead atoms. The molecule has 216 valence electrons. The number of carbonyl (C=O) groups excluding carboxylic acids is 2. The van der Waals surface area contributed by atoms with E-state index in [1.54, 1.807) is 22.9 Å². The van der Waals surface area contributed by atoms with Crippen molar-refractivity contribution in [2.45, 2.75) is 45.7 Å². The van der Waals surface area contributed by atoms with Gasteiger partial charge in [0.1, 0.15) is 11.8 Å². The van der Waals surface area contributed by atoms with Gasteiger partial charge < -0.3 is 15.0 Å². The summed E-state index contributed by atoms with van der Waals surface area (Å²) in [4.78, 5) is 28.3. The fraction of sp³-hybridized carbons (Fsp3) is 0.250. The van der Waals surface area contributed by atoms with Crippen LogP contribution in [0, 0.1) is 11.3 Å². The van der Waals surface area contributed by atoms with E-state index in [2.05, 4.69) is 10.4 Å². The molecular weight excluding hydrogens is 540 g/mol. The number of amides is 2. The van der Waals surface area contributed by atoms with E-state index < -0.39 is 17.7 Å². The van der Waals surface area contributed by atoms with Crippen LogP contribution in [0.2, 0.25) is 0 Å². The molecule has 0 saturated carbocycles. The SMILES string of the molecule is CC.COc1ccc(C(=O)Nc2cnn3c2C(=O)N(c2ccc(C(F)(F)c4ccccc4)cc2)C(C)[C@H]3C)cc1C#N. The molecule has 0 fully saturated rings. The summed E-state index contributed by atoms with van der Waals surface area (Å²) in [5.41, 5.74) is 0.873. The number of hydrogen-bond donors (Lipinski definition) is 1. The maximum absolute atomic E-state index is 15.1. The number of anilines is 2. The van der Waals surface area contributed by atoms with Crippen LogP contribution in [-0.4, -0.2) is 34.7 Å². The van der Waals surface area contributed by atoms with Crippen LogP contribution in [0.25, 0.3) is 0 Å². The molecule has 8 nitrogen and oxygen atoms in total. The maximum atomic E-state index is 15.1. The fourth-order valence-corrected chi connectivity index (χ4v) is 4.82. The van der Waals surface area contributed by atoms with Crippen LogP contribution in [0.3, 0.4) is 0 Å². The molecule has 2 atom stereocenters. The van der Waals surface area contributed by atoms with E-state index in [9.17, 15) is 14.9 Å². The highest BCUT2D eigenvalue weighted by atomic mass is 19.3. The van der Waals surface area contributed by atoms with Gasteiger partial charge in [0.25, 0.3) is 17.7 Å². The van der Waals surface area contributed by atoms with Gasteiger partial charge in [0.15, 0.2) is 5.69 Å². The molecule has 0 aliphatic carbocycles. The highest BCUT2D eigenvalue weighted by molar-refractivity contribution is 6.13. The highest BCUT2D eigenvalue weighted by Gasteiger charge is 2.40. The second kappa shape index (κ2) is 12.2. The normalized spacial score (nSPS) is 16.0. The first-order valence-corrected chi connectivity index (χ1v) is 13.5. The monoisotopic (exact) mass is 571 g/mol. The number of methoxy groups -OCH3 is 1. The van der Waals surface area contributed by atoms with Crippen molar-refractivity contribution in [2.75, 3.05) is 17.3 Å². The number of nitrogens with zero attached hydrogens (tertiary/aromatic N) is 4. The van der Waals surface area contributed by atoms with Gasteiger partial charge in [-0.15, -0.1) is 0 Å². The summed E-state index contributed by atoms with van der Waals surface area (Å²) in [5.74, 6) is -3.84. The minimum absolute atomic E-state index is 0.123. The molecule has 42 heavy (non-hydrogen) atoms. The van der Waals surface area contributed by atoms with Gasteiger partial charge in [-0.2, -0.15) is 19.1 Å². The molecule has 0 saturated heterocycles. The lowest BCUT2D eigenvalue weighted by Crippen LogP contribution is -2.49. The summed E-state index contributed by atoms with van der Waals surface area (Å²) in [6.45, 7) is 7.73. The molecule has 4 aromatic rings. The first-order chi connectivity index (χ1) is 20.2. The summed E-state index contributed by atoms with van der Waals surface area (Å²) in [7, 11) is 1.43. The van der Waals surface area contributed by atoms with Crippen LogP contribution in [-0.2, 0) is 5.92 Å². The Bertz CT molecular complexity index is 1630. The number of benzene rings is 3. The Morgan fingerprint density at radius 1 is 1.00 bits per heavy atom. The topological polar surface area (TPSA) is 100 Å². The number of fused-ring (bicyclic) bond motifs is 1. The van der Waals surface area contributed by atoms with Crippen LogP contribution in [0.15, 0.2) is 79.0 Å². The molecule has 1 unspecified atom stereocenters. The third-order valence-electron chi connectivity index (χ3n) is 7.18. The van der Waals surface area contributed by atoms with Crippen LogP contribution in [0.4, 0.5) is 20.2 Å². The Morgan fingerprint density at radius 3 is 2.26 bits per heavy atom. The van der Waals surface area contributed by atoms with Gasteiger partial charge in [0.05, 0.1) is 36.6 Å². The average molecular weight is 572 g/mol. The average Bonchev–Trinajstić information content (AvgIpc) is 3.45. The van der Waals surface area contributed by atoms with E-state index in [1.165, 1.54) is 72.8 Å². The zero-order chi connectivity index (χ0) is 30.6. The lowest BCUT2D eigenvalue weighted by atomic mass is 9.99. The first-order valence-electron chi connectivity index (χ1n) is 13.5. The number of ether oxygens (including phenoxy) is 1. The van der Waals surface area contributed by atoms with Crippen LogP contribution in [0.5, 0.6) is 5.75 Å². The van der Waals surface area contributed by atoms with E-state index >= 15 is 8.78 Å². The quantitative estimate of drug-likeness (QED) is 0.275. The molecule has 1 aromatic heterocycles. The Hall–Kier alpha value is -5.04. The molecule has 1 aliphatic heterocycles. The fourth-order valence-electron chi connectivity index (χ4n) is 4.82. The maximum Gasteiger partial charge on any atom is 0.298 e. The molecular formula is C32H31F2N5O3. The van der Waals surface area contributed by atoms with E-state index in [0.29, 0.717) is 11.4 Å². The number of rotatable bonds is 6. The largest absolute Gasteiger partial charge is 0.495 e. The Morgan fingerprint density at radius 2 is 1.64 bits per heavy atom. The van der Waals surface area contributed by atoms with Crippen molar-refractivity contribution in [1.29, 1.82) is 5.26 Å². The predicted molar refractivity (Wildman–Crippen MR) is 156 cm³/mol. The summed E-state index contributed by atoms with van der Waals surface area (Å²) in [5, 5.41) is 16.4. The molecule has 0 spiro atoms. The second-order valence-corrected chi connectivity index (χ2v) is 9.48. The van der Waals surface area contributed by atoms with Gasteiger partial charge in [0.2, 0.25) is 0 Å². The van der Waals surface area contributed by atoms with Gasteiger partial charge >= 0.3 is 0 Å². The van der Waals surface area contributed by atoms with E-state index in [1.807, 2.05) is 33.8 Å². The van der Waals surface area contributed by atoms with Crippen molar-refractivity contribution in [2.24, 2.45) is 0 Å². The summed E-state index contributed by atoms with van der Waals surface area (Å²) in [6.07, 6.45) is 1.40. The third kappa shape index (κ3) is 5.33. The smallest absolute Gasteiger partial charge is 0.298 e. The van der Waals surface area contributed by atoms with Crippen molar-refractivity contribution in [3.8, 4) is 11.8 Å². The lowest BCUT2D eigenvalue weighted by Gasteiger charge is -2.38. The van der Waals surface area contributed by atoms with E-state index in [4.69, 9.17) is 4.74 Å². The number of nitriles is 1. The molecule has 0 radical (unpaired) electrons. The van der Waals surface area contributed by atoms with Crippen molar-refractivity contribution in [1.82, 2.24) is 9.78 Å². The zero-order valence-corrected chi connectivity index (χ0v) is 23.9. The summed E-state index contributed by atoms with van der Waals surface area (Å²) in [6, 6.07) is 18.9.